The summed E-state index contributed by atoms with van der Waals surface area (Å²) in [5.74, 6) is -0.108. The van der Waals surface area contributed by atoms with Crippen molar-refractivity contribution < 1.29 is 4.39 Å². The summed E-state index contributed by atoms with van der Waals surface area (Å²) >= 11 is 0. The van der Waals surface area contributed by atoms with Crippen LogP contribution in [0, 0.1) is 11.2 Å². The molecule has 0 aromatic heterocycles. The third-order valence-electron chi connectivity index (χ3n) is 9.96. The molecule has 1 nitrogen and oxygen atoms in total. The van der Waals surface area contributed by atoms with Gasteiger partial charge in [0, 0.05) is 16.8 Å². The van der Waals surface area contributed by atoms with Crippen LogP contribution in [0.3, 0.4) is 0 Å². The molecule has 1 aliphatic carbocycles. The van der Waals surface area contributed by atoms with Crippen molar-refractivity contribution in [2.45, 2.75) is 52.4 Å². The lowest BCUT2D eigenvalue weighted by Crippen LogP contribution is -2.42. The van der Waals surface area contributed by atoms with E-state index in [1.54, 1.807) is 6.07 Å². The number of anilines is 3. The van der Waals surface area contributed by atoms with E-state index in [0.29, 0.717) is 0 Å². The van der Waals surface area contributed by atoms with Gasteiger partial charge >= 0.3 is 0 Å². The van der Waals surface area contributed by atoms with Crippen molar-refractivity contribution in [1.82, 2.24) is 0 Å². The van der Waals surface area contributed by atoms with Crippen molar-refractivity contribution in [2.75, 3.05) is 4.90 Å². The molecule has 0 N–H and O–H groups in total. The minimum Gasteiger partial charge on any atom is -0.310 e. The zero-order valence-corrected chi connectivity index (χ0v) is 23.7. The molecule has 5 aromatic rings. The third-order valence-corrected chi connectivity index (χ3v) is 9.96. The van der Waals surface area contributed by atoms with E-state index in [0.717, 1.165) is 50.1 Å². The summed E-state index contributed by atoms with van der Waals surface area (Å²) < 4.78 is 16.1. The summed E-state index contributed by atoms with van der Waals surface area (Å²) in [5, 5.41) is 2.28. The second kappa shape index (κ2) is 8.81. The van der Waals surface area contributed by atoms with Crippen LogP contribution in [0.15, 0.2) is 109 Å². The van der Waals surface area contributed by atoms with Gasteiger partial charge < -0.3 is 4.90 Å². The topological polar surface area (TPSA) is 3.24 Å². The van der Waals surface area contributed by atoms with Crippen molar-refractivity contribution in [3.05, 3.63) is 126 Å². The predicted octanol–water partition coefficient (Wildman–Crippen LogP) is 10.7. The lowest BCUT2D eigenvalue weighted by molar-refractivity contribution is 0.123. The molecule has 2 heteroatoms. The molecule has 196 valence electrons. The first-order valence-electron chi connectivity index (χ1n) is 13.8. The van der Waals surface area contributed by atoms with Crippen LogP contribution in [0.2, 0.25) is 0 Å². The number of para-hydroxylation sites is 2. The van der Waals surface area contributed by atoms with Crippen molar-refractivity contribution in [1.29, 1.82) is 0 Å². The lowest BCUT2D eigenvalue weighted by atomic mass is 9.59. The predicted molar refractivity (Wildman–Crippen MR) is 164 cm³/mol. The Hall–Kier alpha value is -3.91. The van der Waals surface area contributed by atoms with E-state index in [-0.39, 0.29) is 22.1 Å². The highest BCUT2D eigenvalue weighted by molar-refractivity contribution is 6.02. The molecule has 0 aliphatic heterocycles. The number of nitrogens with zero attached hydrogens (tertiary/aromatic N) is 1. The molecule has 5 aromatic carbocycles. The summed E-state index contributed by atoms with van der Waals surface area (Å²) in [6.07, 6.45) is 0. The molecule has 0 unspecified atom stereocenters. The largest absolute Gasteiger partial charge is 0.310 e. The van der Waals surface area contributed by atoms with Crippen molar-refractivity contribution in [3.8, 4) is 11.1 Å². The van der Waals surface area contributed by atoms with E-state index < -0.39 is 0 Å². The van der Waals surface area contributed by atoms with Crippen LogP contribution >= 0.6 is 0 Å². The summed E-state index contributed by atoms with van der Waals surface area (Å²) in [5.41, 5.74) is 6.58. The van der Waals surface area contributed by atoms with Gasteiger partial charge in [0.1, 0.15) is 5.82 Å². The molecule has 0 amide bonds. The normalized spacial score (nSPS) is 16.7. The molecular weight excluding hydrogens is 477 g/mol. The van der Waals surface area contributed by atoms with Gasteiger partial charge in [0.05, 0.1) is 5.69 Å². The average Bonchev–Trinajstić information content (AvgIpc) is 3.03. The fourth-order valence-corrected chi connectivity index (χ4v) is 6.56. The molecule has 0 bridgehead atoms. The van der Waals surface area contributed by atoms with E-state index in [2.05, 4.69) is 137 Å². The highest BCUT2D eigenvalue weighted by Crippen LogP contribution is 2.62. The van der Waals surface area contributed by atoms with E-state index in [9.17, 15) is 0 Å². The van der Waals surface area contributed by atoms with Crippen molar-refractivity contribution >= 4 is 27.8 Å². The Morgan fingerprint density at radius 2 is 1.10 bits per heavy atom. The lowest BCUT2D eigenvalue weighted by Gasteiger charge is -2.44. The van der Waals surface area contributed by atoms with Crippen LogP contribution in [0.5, 0.6) is 0 Å². The van der Waals surface area contributed by atoms with Gasteiger partial charge in [-0.2, -0.15) is 0 Å². The summed E-state index contributed by atoms with van der Waals surface area (Å²) in [6.45, 7) is 13.5. The maximum atomic E-state index is 16.1. The Balaban J connectivity index is 1.62. The number of rotatable bonds is 4. The summed E-state index contributed by atoms with van der Waals surface area (Å²) in [6, 6.07) is 37.8. The second-order valence-corrected chi connectivity index (χ2v) is 12.5. The van der Waals surface area contributed by atoms with Crippen LogP contribution in [-0.2, 0) is 10.8 Å². The van der Waals surface area contributed by atoms with E-state index in [1.807, 2.05) is 12.1 Å². The SMILES string of the molecule is CC1(C)c2cc(-c3cc(N(c4ccccc4)c4ccccc4)c4ccccc4c3)cc(F)c2C(C)(C)C1(C)C. The fraction of sp³-hybridized carbons (Fsp3) is 0.243. The van der Waals surface area contributed by atoms with E-state index in [1.165, 1.54) is 0 Å². The highest BCUT2D eigenvalue weighted by Gasteiger charge is 2.58. The molecular formula is C37H36FN. The van der Waals surface area contributed by atoms with Gasteiger partial charge in [-0.15, -0.1) is 0 Å². The number of fused-ring (bicyclic) bond motifs is 2. The average molecular weight is 514 g/mol. The van der Waals surface area contributed by atoms with Crippen LogP contribution in [0.4, 0.5) is 21.5 Å². The molecule has 0 saturated heterocycles. The minimum absolute atomic E-state index is 0.103. The minimum atomic E-state index is -0.277. The van der Waals surface area contributed by atoms with Gasteiger partial charge in [-0.05, 0) is 86.3 Å². The smallest absolute Gasteiger partial charge is 0.127 e. The Morgan fingerprint density at radius 3 is 1.72 bits per heavy atom. The fourth-order valence-electron chi connectivity index (χ4n) is 6.56. The van der Waals surface area contributed by atoms with Crippen LogP contribution in [0.25, 0.3) is 21.9 Å². The second-order valence-electron chi connectivity index (χ2n) is 12.5. The first-order valence-corrected chi connectivity index (χ1v) is 13.8. The molecule has 0 fully saturated rings. The number of halogens is 1. The zero-order chi connectivity index (χ0) is 27.6. The van der Waals surface area contributed by atoms with Gasteiger partial charge in [0.15, 0.2) is 0 Å². The van der Waals surface area contributed by atoms with Gasteiger partial charge in [-0.3, -0.25) is 0 Å². The molecule has 1 aliphatic rings. The van der Waals surface area contributed by atoms with Crippen LogP contribution in [0.1, 0.15) is 52.7 Å². The maximum absolute atomic E-state index is 16.1. The highest BCUT2D eigenvalue weighted by atomic mass is 19.1. The molecule has 0 atom stereocenters. The molecule has 6 rings (SSSR count). The Kier molecular flexibility index (Phi) is 5.73. The maximum Gasteiger partial charge on any atom is 0.127 e. The number of benzene rings is 5. The quantitative estimate of drug-likeness (QED) is 0.231. The van der Waals surface area contributed by atoms with Crippen LogP contribution < -0.4 is 4.90 Å². The van der Waals surface area contributed by atoms with Crippen LogP contribution in [-0.4, -0.2) is 0 Å². The molecule has 39 heavy (non-hydrogen) atoms. The Labute approximate surface area is 231 Å². The molecule has 0 radical (unpaired) electrons. The number of hydrogen-bond donors (Lipinski definition) is 0. The van der Waals surface area contributed by atoms with Crippen molar-refractivity contribution in [3.63, 3.8) is 0 Å². The third kappa shape index (κ3) is 3.72. The molecule has 0 heterocycles. The molecule has 0 saturated carbocycles. The van der Waals surface area contributed by atoms with Gasteiger partial charge in [-0.25, -0.2) is 4.39 Å². The standard InChI is InChI=1S/C37H36FN/c1-35(2)31-22-27(23-32(38)34(31)36(3,4)37(35,5)6)26-21-25-15-13-14-20-30(25)33(24-26)39(28-16-9-7-10-17-28)29-18-11-8-12-19-29/h7-24H,1-6H3. The van der Waals surface area contributed by atoms with Gasteiger partial charge in [-0.1, -0.05) is 108 Å². The first kappa shape index (κ1) is 25.4. The zero-order valence-electron chi connectivity index (χ0n) is 23.7. The molecule has 0 spiro atoms. The first-order chi connectivity index (χ1) is 18.5. The van der Waals surface area contributed by atoms with Gasteiger partial charge in [0.25, 0.3) is 0 Å². The van der Waals surface area contributed by atoms with Gasteiger partial charge in [0.2, 0.25) is 0 Å². The summed E-state index contributed by atoms with van der Waals surface area (Å²) in [7, 11) is 0. The monoisotopic (exact) mass is 513 g/mol. The van der Waals surface area contributed by atoms with E-state index >= 15 is 4.39 Å². The summed E-state index contributed by atoms with van der Waals surface area (Å²) in [4.78, 5) is 2.30. The number of hydrogen-bond acceptors (Lipinski definition) is 1. The van der Waals surface area contributed by atoms with Crippen molar-refractivity contribution in [2.24, 2.45) is 5.41 Å². The Bertz CT molecular complexity index is 1640. The Morgan fingerprint density at radius 1 is 0.564 bits per heavy atom. The van der Waals surface area contributed by atoms with E-state index in [4.69, 9.17) is 0 Å².